The number of nitrogens with two attached hydrogens (primary N) is 1. The third-order valence-electron chi connectivity index (χ3n) is 3.06. The van der Waals surface area contributed by atoms with E-state index < -0.39 is 0 Å². The Bertz CT molecular complexity index is 414. The van der Waals surface area contributed by atoms with Crippen LogP contribution < -0.4 is 11.1 Å². The van der Waals surface area contributed by atoms with Crippen LogP contribution in [-0.2, 0) is 0 Å². The van der Waals surface area contributed by atoms with Gasteiger partial charge in [-0.1, -0.05) is 0 Å². The fourth-order valence-corrected chi connectivity index (χ4v) is 2.49. The molecular weight excluding hydrogens is 248 g/mol. The molecule has 0 aromatic carbocycles. The molecular formula is C12H20N4OS. The van der Waals surface area contributed by atoms with Crippen LogP contribution in [0.25, 0.3) is 0 Å². The average Bonchev–Trinajstić information content (AvgIpc) is 3.05. The highest BCUT2D eigenvalue weighted by Crippen LogP contribution is 2.24. The first-order valence-corrected chi connectivity index (χ1v) is 7.15. The van der Waals surface area contributed by atoms with Crippen molar-refractivity contribution >= 4 is 17.2 Å². The van der Waals surface area contributed by atoms with Gasteiger partial charge in [-0.2, -0.15) is 0 Å². The van der Waals surface area contributed by atoms with Gasteiger partial charge >= 0.3 is 0 Å². The first-order valence-electron chi connectivity index (χ1n) is 6.27. The maximum absolute atomic E-state index is 11.8. The molecule has 0 aliphatic heterocycles. The molecule has 1 fully saturated rings. The number of likely N-dealkylation sites (N-methyl/N-ethyl adjacent to an activating group) is 1. The van der Waals surface area contributed by atoms with Crippen molar-refractivity contribution in [2.24, 2.45) is 5.73 Å². The van der Waals surface area contributed by atoms with Crippen LogP contribution >= 0.6 is 11.3 Å². The van der Waals surface area contributed by atoms with E-state index in [9.17, 15) is 4.79 Å². The van der Waals surface area contributed by atoms with Crippen molar-refractivity contribution in [2.75, 3.05) is 20.1 Å². The summed E-state index contributed by atoms with van der Waals surface area (Å²) in [7, 11) is 2.10. The van der Waals surface area contributed by atoms with E-state index in [2.05, 4.69) is 22.2 Å². The van der Waals surface area contributed by atoms with E-state index in [1.807, 2.05) is 6.92 Å². The van der Waals surface area contributed by atoms with E-state index in [1.165, 1.54) is 24.2 Å². The summed E-state index contributed by atoms with van der Waals surface area (Å²) in [6.45, 7) is 3.42. The number of rotatable bonds is 6. The van der Waals surface area contributed by atoms with Crippen LogP contribution in [0.15, 0.2) is 5.38 Å². The first-order chi connectivity index (χ1) is 8.58. The Morgan fingerprint density at radius 3 is 3.00 bits per heavy atom. The molecule has 1 aliphatic carbocycles. The van der Waals surface area contributed by atoms with Gasteiger partial charge in [0.2, 0.25) is 0 Å². The van der Waals surface area contributed by atoms with Crippen molar-refractivity contribution in [1.82, 2.24) is 15.2 Å². The van der Waals surface area contributed by atoms with Crippen LogP contribution in [0, 0.1) is 0 Å². The van der Waals surface area contributed by atoms with Gasteiger partial charge in [-0.3, -0.25) is 4.79 Å². The van der Waals surface area contributed by atoms with Crippen LogP contribution in [0.3, 0.4) is 0 Å². The Kier molecular flexibility index (Phi) is 4.31. The quantitative estimate of drug-likeness (QED) is 0.807. The predicted molar refractivity (Wildman–Crippen MR) is 72.7 cm³/mol. The monoisotopic (exact) mass is 268 g/mol. The van der Waals surface area contributed by atoms with E-state index in [-0.39, 0.29) is 11.9 Å². The summed E-state index contributed by atoms with van der Waals surface area (Å²) in [5.41, 5.74) is 6.19. The van der Waals surface area contributed by atoms with Gasteiger partial charge in [0.15, 0.2) is 0 Å². The number of nitrogens with one attached hydrogen (secondary N) is 1. The molecule has 1 aliphatic rings. The summed E-state index contributed by atoms with van der Waals surface area (Å²) in [6, 6.07) is 0.614. The maximum atomic E-state index is 11.8. The lowest BCUT2D eigenvalue weighted by Gasteiger charge is -2.15. The molecule has 5 nitrogen and oxygen atoms in total. The van der Waals surface area contributed by atoms with Crippen molar-refractivity contribution in [2.45, 2.75) is 31.8 Å². The number of aromatic nitrogens is 1. The van der Waals surface area contributed by atoms with Gasteiger partial charge in [0.1, 0.15) is 10.7 Å². The summed E-state index contributed by atoms with van der Waals surface area (Å²) in [6.07, 6.45) is 2.57. The predicted octanol–water partition coefficient (Wildman–Crippen LogP) is 0.987. The molecule has 100 valence electrons. The molecule has 1 amide bonds. The number of amides is 1. The third kappa shape index (κ3) is 3.51. The topological polar surface area (TPSA) is 71.2 Å². The lowest BCUT2D eigenvalue weighted by atomic mass is 10.4. The van der Waals surface area contributed by atoms with Crippen LogP contribution in [0.5, 0.6) is 0 Å². The minimum Gasteiger partial charge on any atom is -0.349 e. The number of nitrogens with zero attached hydrogens (tertiary/aromatic N) is 2. The molecule has 0 radical (unpaired) electrons. The van der Waals surface area contributed by atoms with Crippen molar-refractivity contribution in [3.8, 4) is 0 Å². The van der Waals surface area contributed by atoms with Gasteiger partial charge in [-0.05, 0) is 26.8 Å². The molecule has 18 heavy (non-hydrogen) atoms. The summed E-state index contributed by atoms with van der Waals surface area (Å²) >= 11 is 1.43. The second-order valence-electron chi connectivity index (χ2n) is 4.83. The minimum atomic E-state index is -0.113. The standard InChI is InChI=1S/C12H20N4OS/c1-8(13)12-15-10(7-18-12)11(17)14-5-6-16(2)9-3-4-9/h7-9H,3-6,13H2,1-2H3,(H,14,17). The number of hydrogen-bond donors (Lipinski definition) is 2. The van der Waals surface area contributed by atoms with Crippen LogP contribution in [0.4, 0.5) is 0 Å². The summed E-state index contributed by atoms with van der Waals surface area (Å²) in [5, 5.41) is 5.45. The Morgan fingerprint density at radius 1 is 1.72 bits per heavy atom. The maximum Gasteiger partial charge on any atom is 0.270 e. The van der Waals surface area contributed by atoms with Crippen LogP contribution in [-0.4, -0.2) is 42.0 Å². The van der Waals surface area contributed by atoms with Gasteiger partial charge in [0, 0.05) is 24.5 Å². The summed E-state index contributed by atoms with van der Waals surface area (Å²) < 4.78 is 0. The molecule has 1 heterocycles. The summed E-state index contributed by atoms with van der Waals surface area (Å²) in [4.78, 5) is 18.3. The lowest BCUT2D eigenvalue weighted by Crippen LogP contribution is -2.34. The zero-order chi connectivity index (χ0) is 13.1. The zero-order valence-electron chi connectivity index (χ0n) is 10.8. The van der Waals surface area contributed by atoms with E-state index in [0.717, 1.165) is 17.6 Å². The van der Waals surface area contributed by atoms with Crippen molar-refractivity contribution in [3.05, 3.63) is 16.1 Å². The van der Waals surface area contributed by atoms with E-state index in [1.54, 1.807) is 5.38 Å². The fraction of sp³-hybridized carbons (Fsp3) is 0.667. The first kappa shape index (κ1) is 13.5. The van der Waals surface area contributed by atoms with Crippen molar-refractivity contribution < 1.29 is 4.79 Å². The zero-order valence-corrected chi connectivity index (χ0v) is 11.7. The van der Waals surface area contributed by atoms with Crippen molar-refractivity contribution in [3.63, 3.8) is 0 Å². The fourth-order valence-electron chi connectivity index (χ4n) is 1.74. The second kappa shape index (κ2) is 5.77. The number of hydrogen-bond acceptors (Lipinski definition) is 5. The summed E-state index contributed by atoms with van der Waals surface area (Å²) in [5.74, 6) is -0.109. The van der Waals surface area contributed by atoms with Gasteiger partial charge in [-0.25, -0.2) is 4.98 Å². The molecule has 6 heteroatoms. The smallest absolute Gasteiger partial charge is 0.270 e. The highest BCUT2D eigenvalue weighted by atomic mass is 32.1. The third-order valence-corrected chi connectivity index (χ3v) is 4.11. The highest BCUT2D eigenvalue weighted by molar-refractivity contribution is 7.09. The second-order valence-corrected chi connectivity index (χ2v) is 5.72. The molecule has 0 bridgehead atoms. The number of carbonyl (C=O) groups is 1. The molecule has 1 aromatic heterocycles. The number of carbonyl (C=O) groups excluding carboxylic acids is 1. The molecule has 0 spiro atoms. The molecule has 1 atom stereocenters. The van der Waals surface area contributed by atoms with E-state index >= 15 is 0 Å². The average molecular weight is 268 g/mol. The normalized spacial score (nSPS) is 16.9. The van der Waals surface area contributed by atoms with Crippen LogP contribution in [0.2, 0.25) is 0 Å². The molecule has 3 N–H and O–H groups in total. The highest BCUT2D eigenvalue weighted by Gasteiger charge is 2.25. The molecule has 1 aromatic rings. The molecule has 2 rings (SSSR count). The van der Waals surface area contributed by atoms with Gasteiger partial charge in [0.25, 0.3) is 5.91 Å². The molecule has 0 saturated heterocycles. The van der Waals surface area contributed by atoms with E-state index in [0.29, 0.717) is 12.2 Å². The van der Waals surface area contributed by atoms with Gasteiger partial charge in [-0.15, -0.1) is 11.3 Å². The van der Waals surface area contributed by atoms with Crippen molar-refractivity contribution in [1.29, 1.82) is 0 Å². The largest absolute Gasteiger partial charge is 0.349 e. The Labute approximate surface area is 111 Å². The van der Waals surface area contributed by atoms with Gasteiger partial charge < -0.3 is 16.0 Å². The minimum absolute atomic E-state index is 0.109. The van der Waals surface area contributed by atoms with Gasteiger partial charge in [0.05, 0.1) is 6.04 Å². The van der Waals surface area contributed by atoms with Crippen LogP contribution in [0.1, 0.15) is 41.3 Å². The SMILES string of the molecule is CC(N)c1nc(C(=O)NCCN(C)C2CC2)cs1. The van der Waals surface area contributed by atoms with E-state index in [4.69, 9.17) is 5.73 Å². The Morgan fingerprint density at radius 2 is 2.44 bits per heavy atom. The number of thiazole rings is 1. The lowest BCUT2D eigenvalue weighted by molar-refractivity contribution is 0.0945. The Hall–Kier alpha value is -0.980. The molecule has 1 unspecified atom stereocenters. The Balaban J connectivity index is 1.76. The molecule has 1 saturated carbocycles.